The Morgan fingerprint density at radius 1 is 1.13 bits per heavy atom. The first-order valence-corrected chi connectivity index (χ1v) is 5.71. The van der Waals surface area contributed by atoms with Gasteiger partial charge < -0.3 is 0 Å². The Balaban J connectivity index is 2.50. The van der Waals surface area contributed by atoms with E-state index in [1.54, 1.807) is 0 Å². The second-order valence-corrected chi connectivity index (χ2v) is 5.39. The maximum atomic E-state index is 2.33. The fourth-order valence-electron chi connectivity index (χ4n) is 1.51. The minimum absolute atomic E-state index is 0.297. The highest BCUT2D eigenvalue weighted by Gasteiger charge is 2.05. The number of hydrogen-bond donors (Lipinski definition) is 0. The zero-order valence-electron chi connectivity index (χ0n) is 10.3. The summed E-state index contributed by atoms with van der Waals surface area (Å²) in [6.45, 7) is 8.98. The van der Waals surface area contributed by atoms with Crippen LogP contribution in [0, 0.1) is 11.3 Å². The van der Waals surface area contributed by atoms with Gasteiger partial charge in [-0.1, -0.05) is 70.2 Å². The Morgan fingerprint density at radius 3 is 2.27 bits per heavy atom. The Kier molecular flexibility index (Phi) is 4.14. The molecule has 0 bridgehead atoms. The lowest BCUT2D eigenvalue weighted by atomic mass is 9.92. The molecule has 15 heavy (non-hydrogen) atoms. The molecule has 0 spiro atoms. The fourth-order valence-corrected chi connectivity index (χ4v) is 1.51. The summed E-state index contributed by atoms with van der Waals surface area (Å²) in [5.41, 5.74) is 1.72. The van der Waals surface area contributed by atoms with E-state index in [0.29, 0.717) is 11.3 Å². The summed E-state index contributed by atoms with van der Waals surface area (Å²) >= 11 is 0. The molecule has 0 heteroatoms. The van der Waals surface area contributed by atoms with Crippen LogP contribution < -0.4 is 0 Å². The minimum Gasteiger partial charge on any atom is -0.0848 e. The monoisotopic (exact) mass is 202 g/mol. The van der Waals surface area contributed by atoms with E-state index in [0.717, 1.165) is 6.42 Å². The van der Waals surface area contributed by atoms with Crippen molar-refractivity contribution in [3.05, 3.63) is 48.0 Å². The van der Waals surface area contributed by atoms with Crippen LogP contribution in [0.2, 0.25) is 0 Å². The molecule has 1 aromatic rings. The highest BCUT2D eigenvalue weighted by Crippen LogP contribution is 2.17. The summed E-state index contributed by atoms with van der Waals surface area (Å²) in [4.78, 5) is 0. The topological polar surface area (TPSA) is 0 Å². The number of allylic oxidation sites excluding steroid dienone is 2. The van der Waals surface area contributed by atoms with E-state index in [4.69, 9.17) is 0 Å². The predicted molar refractivity (Wildman–Crippen MR) is 67.9 cm³/mol. The summed E-state index contributed by atoms with van der Waals surface area (Å²) in [7, 11) is 0. The van der Waals surface area contributed by atoms with Crippen molar-refractivity contribution in [1.29, 1.82) is 0 Å². The molecule has 0 aliphatic carbocycles. The first-order valence-electron chi connectivity index (χ1n) is 5.71. The maximum absolute atomic E-state index is 2.33. The summed E-state index contributed by atoms with van der Waals surface area (Å²) in [5.74, 6) is 0.617. The van der Waals surface area contributed by atoms with Crippen LogP contribution in [-0.2, 0) is 6.42 Å². The molecule has 0 N–H and O–H groups in total. The third kappa shape index (κ3) is 5.41. The molecular weight excluding hydrogens is 180 g/mol. The molecule has 0 aliphatic rings. The standard InChI is InChI=1S/C15H22/c1-13(10-11-15(2,3)4)12-14-8-6-5-7-9-14/h5-11,13H,12H2,1-4H3/b11-10+. The Morgan fingerprint density at radius 2 is 1.73 bits per heavy atom. The van der Waals surface area contributed by atoms with E-state index < -0.39 is 0 Å². The normalized spacial score (nSPS) is 14.4. The van der Waals surface area contributed by atoms with E-state index in [1.807, 2.05) is 0 Å². The van der Waals surface area contributed by atoms with Gasteiger partial charge >= 0.3 is 0 Å². The van der Waals surface area contributed by atoms with Crippen LogP contribution in [0.5, 0.6) is 0 Å². The van der Waals surface area contributed by atoms with Crippen LogP contribution >= 0.6 is 0 Å². The molecule has 0 saturated carbocycles. The van der Waals surface area contributed by atoms with Crippen molar-refractivity contribution >= 4 is 0 Å². The Bertz CT molecular complexity index is 301. The second kappa shape index (κ2) is 5.16. The molecule has 0 aliphatic heterocycles. The van der Waals surface area contributed by atoms with Gasteiger partial charge in [-0.2, -0.15) is 0 Å². The number of rotatable bonds is 3. The average molecular weight is 202 g/mol. The zero-order valence-corrected chi connectivity index (χ0v) is 10.3. The van der Waals surface area contributed by atoms with E-state index in [1.165, 1.54) is 5.56 Å². The van der Waals surface area contributed by atoms with Crippen molar-refractivity contribution in [3.8, 4) is 0 Å². The summed E-state index contributed by atoms with van der Waals surface area (Å²) in [6, 6.07) is 10.7. The fraction of sp³-hybridized carbons (Fsp3) is 0.467. The number of hydrogen-bond acceptors (Lipinski definition) is 0. The molecular formula is C15H22. The lowest BCUT2D eigenvalue weighted by Crippen LogP contribution is -2.02. The van der Waals surface area contributed by atoms with Crippen LogP contribution in [0.4, 0.5) is 0 Å². The van der Waals surface area contributed by atoms with Crippen LogP contribution in [0.25, 0.3) is 0 Å². The third-order valence-corrected chi connectivity index (χ3v) is 2.33. The zero-order chi connectivity index (χ0) is 11.3. The van der Waals surface area contributed by atoms with Gasteiger partial charge in [0, 0.05) is 0 Å². The first-order chi connectivity index (χ1) is 6.97. The number of benzene rings is 1. The van der Waals surface area contributed by atoms with Crippen LogP contribution in [0.1, 0.15) is 33.3 Å². The molecule has 0 amide bonds. The van der Waals surface area contributed by atoms with E-state index in [-0.39, 0.29) is 0 Å². The second-order valence-electron chi connectivity index (χ2n) is 5.39. The van der Waals surface area contributed by atoms with Crippen molar-refractivity contribution in [2.24, 2.45) is 11.3 Å². The highest BCUT2D eigenvalue weighted by atomic mass is 14.1. The van der Waals surface area contributed by atoms with E-state index in [2.05, 4.69) is 70.2 Å². The lowest BCUT2D eigenvalue weighted by Gasteiger charge is -2.13. The van der Waals surface area contributed by atoms with Gasteiger partial charge in [0.1, 0.15) is 0 Å². The molecule has 1 atom stereocenters. The van der Waals surface area contributed by atoms with E-state index >= 15 is 0 Å². The largest absolute Gasteiger partial charge is 0.0848 e. The van der Waals surface area contributed by atoms with Gasteiger partial charge in [-0.15, -0.1) is 0 Å². The van der Waals surface area contributed by atoms with Gasteiger partial charge in [-0.25, -0.2) is 0 Å². The molecule has 0 fully saturated rings. The van der Waals surface area contributed by atoms with Gasteiger partial charge in [0.2, 0.25) is 0 Å². The molecule has 0 saturated heterocycles. The predicted octanol–water partition coefficient (Wildman–Crippen LogP) is 4.47. The van der Waals surface area contributed by atoms with Crippen molar-refractivity contribution in [1.82, 2.24) is 0 Å². The van der Waals surface area contributed by atoms with Crippen molar-refractivity contribution in [2.75, 3.05) is 0 Å². The lowest BCUT2D eigenvalue weighted by molar-refractivity contribution is 0.536. The molecule has 1 aromatic carbocycles. The maximum Gasteiger partial charge on any atom is -0.0203 e. The Hall–Kier alpha value is -1.04. The van der Waals surface area contributed by atoms with E-state index in [9.17, 15) is 0 Å². The smallest absolute Gasteiger partial charge is 0.0203 e. The van der Waals surface area contributed by atoms with Gasteiger partial charge in [0.15, 0.2) is 0 Å². The summed E-state index contributed by atoms with van der Waals surface area (Å²) < 4.78 is 0. The van der Waals surface area contributed by atoms with Crippen molar-refractivity contribution < 1.29 is 0 Å². The molecule has 0 nitrogen and oxygen atoms in total. The van der Waals surface area contributed by atoms with Crippen molar-refractivity contribution in [3.63, 3.8) is 0 Å². The molecule has 0 radical (unpaired) electrons. The average Bonchev–Trinajstić information content (AvgIpc) is 2.15. The Labute approximate surface area is 94.0 Å². The minimum atomic E-state index is 0.297. The molecule has 0 aromatic heterocycles. The van der Waals surface area contributed by atoms with Crippen LogP contribution in [-0.4, -0.2) is 0 Å². The third-order valence-electron chi connectivity index (χ3n) is 2.33. The van der Waals surface area contributed by atoms with Gasteiger partial charge in [0.25, 0.3) is 0 Å². The molecule has 82 valence electrons. The van der Waals surface area contributed by atoms with Gasteiger partial charge in [0.05, 0.1) is 0 Å². The van der Waals surface area contributed by atoms with Gasteiger partial charge in [-0.3, -0.25) is 0 Å². The molecule has 0 heterocycles. The quantitative estimate of drug-likeness (QED) is 0.634. The summed E-state index contributed by atoms with van der Waals surface area (Å²) in [5, 5.41) is 0. The molecule has 1 unspecified atom stereocenters. The first kappa shape index (κ1) is 12.0. The molecule has 1 rings (SSSR count). The van der Waals surface area contributed by atoms with Crippen LogP contribution in [0.3, 0.4) is 0 Å². The SMILES string of the molecule is CC(/C=C/C(C)(C)C)Cc1ccccc1. The van der Waals surface area contributed by atoms with Crippen LogP contribution in [0.15, 0.2) is 42.5 Å². The summed E-state index contributed by atoms with van der Waals surface area (Å²) in [6.07, 6.45) is 5.76. The van der Waals surface area contributed by atoms with Gasteiger partial charge in [-0.05, 0) is 23.3 Å². The van der Waals surface area contributed by atoms with Crippen molar-refractivity contribution in [2.45, 2.75) is 34.1 Å². The highest BCUT2D eigenvalue weighted by molar-refractivity contribution is 5.16.